The van der Waals surface area contributed by atoms with E-state index in [2.05, 4.69) is 51.7 Å². The summed E-state index contributed by atoms with van der Waals surface area (Å²) in [6.07, 6.45) is 1.84. The maximum absolute atomic E-state index is 5.15. The number of aromatic amines is 1. The number of nitrogens with zero attached hydrogens (tertiary/aromatic N) is 5. The number of nitrogens with one attached hydrogen (secondary N) is 1. The molecule has 4 rings (SSSR count). The Kier molecular flexibility index (Phi) is 4.54. The van der Waals surface area contributed by atoms with E-state index in [0.717, 1.165) is 54.4 Å². The highest BCUT2D eigenvalue weighted by atomic mass is 79.9. The first-order chi connectivity index (χ1) is 12.2. The molecule has 7 nitrogen and oxygen atoms in total. The van der Waals surface area contributed by atoms with Gasteiger partial charge in [0, 0.05) is 42.9 Å². The highest BCUT2D eigenvalue weighted by Gasteiger charge is 2.19. The number of H-pyrrole nitrogens is 1. The summed E-state index contributed by atoms with van der Waals surface area (Å²) < 4.78 is 6.16. The molecule has 1 saturated heterocycles. The van der Waals surface area contributed by atoms with Gasteiger partial charge in [-0.15, -0.1) is 0 Å². The van der Waals surface area contributed by atoms with E-state index >= 15 is 0 Å². The first-order valence-electron chi connectivity index (χ1n) is 8.20. The van der Waals surface area contributed by atoms with Crippen molar-refractivity contribution in [3.8, 4) is 5.88 Å². The van der Waals surface area contributed by atoms with Crippen LogP contribution in [0.4, 0.5) is 5.82 Å². The van der Waals surface area contributed by atoms with Gasteiger partial charge in [0.15, 0.2) is 5.65 Å². The SMILES string of the molecule is COc1ccc2[nH]c(CN3CCN(c4ccc(Br)cn4)CC3)nc2n1. The van der Waals surface area contributed by atoms with Gasteiger partial charge in [-0.2, -0.15) is 4.98 Å². The largest absolute Gasteiger partial charge is 0.481 e. The van der Waals surface area contributed by atoms with Gasteiger partial charge in [0.1, 0.15) is 11.6 Å². The predicted octanol–water partition coefficient (Wildman–Crippen LogP) is 2.45. The summed E-state index contributed by atoms with van der Waals surface area (Å²) in [5, 5.41) is 0. The molecular weight excluding hydrogens is 384 g/mol. The smallest absolute Gasteiger partial charge is 0.215 e. The minimum atomic E-state index is 0.584. The number of hydrogen-bond donors (Lipinski definition) is 1. The van der Waals surface area contributed by atoms with E-state index < -0.39 is 0 Å². The fraction of sp³-hybridized carbons (Fsp3) is 0.353. The van der Waals surface area contributed by atoms with Crippen LogP contribution < -0.4 is 9.64 Å². The number of fused-ring (bicyclic) bond motifs is 1. The van der Waals surface area contributed by atoms with Crippen LogP contribution in [0.2, 0.25) is 0 Å². The summed E-state index contributed by atoms with van der Waals surface area (Å²) in [6.45, 7) is 4.67. The molecule has 0 unspecified atom stereocenters. The second-order valence-corrected chi connectivity index (χ2v) is 6.92. The summed E-state index contributed by atoms with van der Waals surface area (Å²) in [7, 11) is 1.61. The highest BCUT2D eigenvalue weighted by Crippen LogP contribution is 2.18. The zero-order chi connectivity index (χ0) is 17.2. The molecule has 1 aliphatic heterocycles. The molecule has 0 radical (unpaired) electrons. The van der Waals surface area contributed by atoms with Crippen molar-refractivity contribution in [2.45, 2.75) is 6.54 Å². The number of ether oxygens (including phenoxy) is 1. The number of imidazole rings is 1. The van der Waals surface area contributed by atoms with Crippen LogP contribution in [-0.2, 0) is 6.54 Å². The van der Waals surface area contributed by atoms with Gasteiger partial charge in [0.25, 0.3) is 0 Å². The first kappa shape index (κ1) is 16.3. The van der Waals surface area contributed by atoms with Crippen molar-refractivity contribution in [1.29, 1.82) is 0 Å². The Balaban J connectivity index is 1.39. The molecule has 3 aromatic heterocycles. The molecule has 3 aromatic rings. The van der Waals surface area contributed by atoms with Gasteiger partial charge >= 0.3 is 0 Å². The quantitative estimate of drug-likeness (QED) is 0.722. The van der Waals surface area contributed by atoms with E-state index in [-0.39, 0.29) is 0 Å². The molecule has 25 heavy (non-hydrogen) atoms. The maximum Gasteiger partial charge on any atom is 0.215 e. The maximum atomic E-state index is 5.15. The molecular formula is C17H19BrN6O. The molecule has 8 heteroatoms. The number of anilines is 1. The van der Waals surface area contributed by atoms with Gasteiger partial charge in [0.05, 0.1) is 19.2 Å². The average molecular weight is 403 g/mol. The molecule has 0 spiro atoms. The minimum absolute atomic E-state index is 0.584. The standard InChI is InChI=1S/C17H19BrN6O/c1-25-16-5-3-13-17(22-16)21-14(20-13)11-23-6-8-24(9-7-23)15-4-2-12(18)10-19-15/h2-5,10H,6-9,11H2,1H3,(H,20,21,22). The lowest BCUT2D eigenvalue weighted by molar-refractivity contribution is 0.244. The second kappa shape index (κ2) is 6.97. The van der Waals surface area contributed by atoms with Crippen LogP contribution in [0.3, 0.4) is 0 Å². The third-order valence-electron chi connectivity index (χ3n) is 4.36. The molecule has 0 aliphatic carbocycles. The topological polar surface area (TPSA) is 70.2 Å². The third kappa shape index (κ3) is 3.59. The van der Waals surface area contributed by atoms with Crippen molar-refractivity contribution >= 4 is 32.9 Å². The Labute approximate surface area is 154 Å². The Morgan fingerprint density at radius 2 is 1.96 bits per heavy atom. The van der Waals surface area contributed by atoms with Crippen LogP contribution in [0.5, 0.6) is 5.88 Å². The van der Waals surface area contributed by atoms with Gasteiger partial charge in [-0.3, -0.25) is 4.90 Å². The Morgan fingerprint density at radius 1 is 1.12 bits per heavy atom. The molecule has 1 aliphatic rings. The number of rotatable bonds is 4. The molecule has 130 valence electrons. The van der Waals surface area contributed by atoms with Crippen LogP contribution in [0.1, 0.15) is 5.82 Å². The number of hydrogen-bond acceptors (Lipinski definition) is 6. The fourth-order valence-electron chi connectivity index (χ4n) is 3.02. The summed E-state index contributed by atoms with van der Waals surface area (Å²) in [4.78, 5) is 21.5. The lowest BCUT2D eigenvalue weighted by Crippen LogP contribution is -2.46. The first-order valence-corrected chi connectivity index (χ1v) is 8.99. The van der Waals surface area contributed by atoms with Crippen molar-refractivity contribution < 1.29 is 4.74 Å². The number of halogens is 1. The van der Waals surface area contributed by atoms with Crippen molar-refractivity contribution in [2.75, 3.05) is 38.2 Å². The van der Waals surface area contributed by atoms with Gasteiger partial charge in [-0.25, -0.2) is 9.97 Å². The average Bonchev–Trinajstić information content (AvgIpc) is 3.04. The lowest BCUT2D eigenvalue weighted by atomic mass is 10.3. The van der Waals surface area contributed by atoms with Crippen LogP contribution in [0, 0.1) is 0 Å². The van der Waals surface area contributed by atoms with Crippen molar-refractivity contribution in [2.24, 2.45) is 0 Å². The van der Waals surface area contributed by atoms with Crippen molar-refractivity contribution in [3.63, 3.8) is 0 Å². The van der Waals surface area contributed by atoms with Gasteiger partial charge in [-0.05, 0) is 34.1 Å². The summed E-state index contributed by atoms with van der Waals surface area (Å²) in [5.41, 5.74) is 1.64. The summed E-state index contributed by atoms with van der Waals surface area (Å²) >= 11 is 3.43. The molecule has 0 amide bonds. The van der Waals surface area contributed by atoms with Crippen molar-refractivity contribution in [3.05, 3.63) is 40.8 Å². The Morgan fingerprint density at radius 3 is 2.68 bits per heavy atom. The minimum Gasteiger partial charge on any atom is -0.481 e. The fourth-order valence-corrected chi connectivity index (χ4v) is 3.25. The van der Waals surface area contributed by atoms with Gasteiger partial charge in [0.2, 0.25) is 5.88 Å². The van der Waals surface area contributed by atoms with Crippen molar-refractivity contribution in [1.82, 2.24) is 24.8 Å². The number of pyridine rings is 2. The van der Waals surface area contributed by atoms with E-state index in [1.54, 1.807) is 7.11 Å². The lowest BCUT2D eigenvalue weighted by Gasteiger charge is -2.34. The van der Waals surface area contributed by atoms with Gasteiger partial charge < -0.3 is 14.6 Å². The number of aromatic nitrogens is 4. The summed E-state index contributed by atoms with van der Waals surface area (Å²) in [5.74, 6) is 2.55. The summed E-state index contributed by atoms with van der Waals surface area (Å²) in [6, 6.07) is 7.88. The Bertz CT molecular complexity index is 857. The molecule has 1 N–H and O–H groups in total. The third-order valence-corrected chi connectivity index (χ3v) is 4.83. The van der Waals surface area contributed by atoms with Crippen LogP contribution in [0.25, 0.3) is 11.2 Å². The normalized spacial score (nSPS) is 15.7. The van der Waals surface area contributed by atoms with E-state index in [1.807, 2.05) is 24.4 Å². The highest BCUT2D eigenvalue weighted by molar-refractivity contribution is 9.10. The number of piperazine rings is 1. The van der Waals surface area contributed by atoms with E-state index in [0.29, 0.717) is 11.5 Å². The zero-order valence-corrected chi connectivity index (χ0v) is 15.5. The van der Waals surface area contributed by atoms with E-state index in [9.17, 15) is 0 Å². The number of methoxy groups -OCH3 is 1. The van der Waals surface area contributed by atoms with E-state index in [4.69, 9.17) is 4.74 Å². The van der Waals surface area contributed by atoms with Crippen LogP contribution >= 0.6 is 15.9 Å². The molecule has 0 bridgehead atoms. The van der Waals surface area contributed by atoms with Crippen LogP contribution in [-0.4, -0.2) is 58.1 Å². The zero-order valence-electron chi connectivity index (χ0n) is 13.9. The van der Waals surface area contributed by atoms with E-state index in [1.165, 1.54) is 0 Å². The van der Waals surface area contributed by atoms with Gasteiger partial charge in [-0.1, -0.05) is 0 Å². The molecule has 0 atom stereocenters. The predicted molar refractivity (Wildman–Crippen MR) is 99.9 cm³/mol. The monoisotopic (exact) mass is 402 g/mol. The molecule has 1 fully saturated rings. The second-order valence-electron chi connectivity index (χ2n) is 6.01. The van der Waals surface area contributed by atoms with Crippen LogP contribution in [0.15, 0.2) is 34.9 Å². The molecule has 0 aromatic carbocycles. The molecule has 4 heterocycles. The Hall–Kier alpha value is -2.19. The molecule has 0 saturated carbocycles.